The largest absolute Gasteiger partial charge is 0.472 e. The lowest BCUT2D eigenvalue weighted by Gasteiger charge is -2.27. The molecule has 33 heavy (non-hydrogen) atoms. The third-order valence-corrected chi connectivity index (χ3v) is 7.23. The summed E-state index contributed by atoms with van der Waals surface area (Å²) in [5.41, 5.74) is 2.81. The van der Waals surface area contributed by atoms with E-state index in [1.807, 2.05) is 42.6 Å². The van der Waals surface area contributed by atoms with Crippen molar-refractivity contribution in [1.82, 2.24) is 14.9 Å². The number of ether oxygens (including phenoxy) is 1. The van der Waals surface area contributed by atoms with Gasteiger partial charge in [0.2, 0.25) is 5.88 Å². The molecule has 2 aliphatic rings. The van der Waals surface area contributed by atoms with E-state index in [2.05, 4.69) is 46.1 Å². The van der Waals surface area contributed by atoms with Gasteiger partial charge in [0.15, 0.2) is 0 Å². The van der Waals surface area contributed by atoms with Crippen LogP contribution in [0.25, 0.3) is 0 Å². The van der Waals surface area contributed by atoms with E-state index in [9.17, 15) is 5.11 Å². The summed E-state index contributed by atoms with van der Waals surface area (Å²) in [7, 11) is 0. The zero-order valence-corrected chi connectivity index (χ0v) is 19.3. The van der Waals surface area contributed by atoms with Gasteiger partial charge in [-0.2, -0.15) is 0 Å². The third-order valence-electron chi connectivity index (χ3n) is 7.23. The molecule has 1 aliphatic carbocycles. The second-order valence-electron chi connectivity index (χ2n) is 9.99. The summed E-state index contributed by atoms with van der Waals surface area (Å²) in [5.74, 6) is 2.04. The van der Waals surface area contributed by atoms with Crippen molar-refractivity contribution in [3.8, 4) is 5.88 Å². The highest BCUT2D eigenvalue weighted by Crippen LogP contribution is 2.45. The van der Waals surface area contributed by atoms with Crippen LogP contribution in [0, 0.1) is 11.8 Å². The Balaban J connectivity index is 1.10. The lowest BCUT2D eigenvalue weighted by atomic mass is 9.91. The summed E-state index contributed by atoms with van der Waals surface area (Å²) >= 11 is 0. The van der Waals surface area contributed by atoms with Gasteiger partial charge in [0.05, 0.1) is 23.7 Å². The number of aliphatic hydroxyl groups is 1. The van der Waals surface area contributed by atoms with Crippen LogP contribution in [0.2, 0.25) is 0 Å². The predicted molar refractivity (Wildman–Crippen MR) is 129 cm³/mol. The molecule has 1 saturated carbocycles. The van der Waals surface area contributed by atoms with Gasteiger partial charge in [-0.15, -0.1) is 0 Å². The number of aromatic nitrogens is 2. The predicted octanol–water partition coefficient (Wildman–Crippen LogP) is 4.47. The highest BCUT2D eigenvalue weighted by atomic mass is 16.5. The van der Waals surface area contributed by atoms with Crippen LogP contribution in [0.5, 0.6) is 5.88 Å². The molecular weight excluding hydrogens is 410 g/mol. The molecular formula is C28H33N3O2. The molecule has 4 atom stereocenters. The fraction of sp³-hybridized carbons (Fsp3) is 0.429. The molecule has 3 aromatic rings. The maximum absolute atomic E-state index is 11.2. The van der Waals surface area contributed by atoms with Crippen molar-refractivity contribution in [3.05, 3.63) is 89.9 Å². The minimum Gasteiger partial charge on any atom is -0.472 e. The zero-order valence-electron chi connectivity index (χ0n) is 19.3. The van der Waals surface area contributed by atoms with E-state index in [0.29, 0.717) is 30.2 Å². The maximum atomic E-state index is 11.2. The second-order valence-corrected chi connectivity index (χ2v) is 9.99. The SMILES string of the molecule is CC(CN1C[C@@H]2C[C@@](O)(Cc3ccccc3)C[C@@H]2C1)c1cnc(OCc2ccccc2)cn1. The first kappa shape index (κ1) is 22.1. The van der Waals surface area contributed by atoms with E-state index in [-0.39, 0.29) is 0 Å². The van der Waals surface area contributed by atoms with E-state index in [1.165, 1.54) is 5.56 Å². The van der Waals surface area contributed by atoms with Crippen LogP contribution in [0.15, 0.2) is 73.1 Å². The molecule has 1 unspecified atom stereocenters. The average molecular weight is 444 g/mol. The van der Waals surface area contributed by atoms with Gasteiger partial charge in [-0.1, -0.05) is 67.6 Å². The Kier molecular flexibility index (Phi) is 6.43. The van der Waals surface area contributed by atoms with Crippen molar-refractivity contribution in [2.24, 2.45) is 11.8 Å². The van der Waals surface area contributed by atoms with Crippen molar-refractivity contribution in [2.45, 2.75) is 44.3 Å². The molecule has 0 bridgehead atoms. The highest BCUT2D eigenvalue weighted by molar-refractivity contribution is 5.19. The molecule has 1 aromatic heterocycles. The van der Waals surface area contributed by atoms with Crippen LogP contribution >= 0.6 is 0 Å². The lowest BCUT2D eigenvalue weighted by Crippen LogP contribution is -2.33. The Bertz CT molecular complexity index is 1010. The number of nitrogens with zero attached hydrogens (tertiary/aromatic N) is 3. The van der Waals surface area contributed by atoms with E-state index in [4.69, 9.17) is 4.74 Å². The number of hydrogen-bond acceptors (Lipinski definition) is 5. The van der Waals surface area contributed by atoms with Crippen molar-refractivity contribution < 1.29 is 9.84 Å². The monoisotopic (exact) mass is 443 g/mol. The molecule has 2 aromatic carbocycles. The molecule has 172 valence electrons. The van der Waals surface area contributed by atoms with Crippen LogP contribution in [-0.2, 0) is 13.0 Å². The van der Waals surface area contributed by atoms with Gasteiger partial charge in [0, 0.05) is 32.0 Å². The Labute approximate surface area is 196 Å². The van der Waals surface area contributed by atoms with Crippen LogP contribution in [-0.4, -0.2) is 45.2 Å². The number of hydrogen-bond donors (Lipinski definition) is 1. The fourth-order valence-electron chi connectivity index (χ4n) is 5.69. The summed E-state index contributed by atoms with van der Waals surface area (Å²) in [6, 6.07) is 20.5. The molecule has 5 nitrogen and oxygen atoms in total. The molecule has 5 heteroatoms. The highest BCUT2D eigenvalue weighted by Gasteiger charge is 2.48. The van der Waals surface area contributed by atoms with Crippen molar-refractivity contribution in [1.29, 1.82) is 0 Å². The normalized spacial score (nSPS) is 25.6. The molecule has 0 amide bonds. The van der Waals surface area contributed by atoms with Gasteiger partial charge >= 0.3 is 0 Å². The first-order chi connectivity index (χ1) is 16.1. The van der Waals surface area contributed by atoms with Gasteiger partial charge in [0.25, 0.3) is 0 Å². The van der Waals surface area contributed by atoms with Crippen LogP contribution in [0.1, 0.15) is 42.5 Å². The Hall–Kier alpha value is -2.76. The summed E-state index contributed by atoms with van der Waals surface area (Å²) in [6.07, 6.45) is 6.17. The lowest BCUT2D eigenvalue weighted by molar-refractivity contribution is 0.0353. The number of fused-ring (bicyclic) bond motifs is 1. The zero-order chi connectivity index (χ0) is 22.7. The fourth-order valence-corrected chi connectivity index (χ4v) is 5.69. The Morgan fingerprint density at radius 3 is 2.18 bits per heavy atom. The molecule has 0 radical (unpaired) electrons. The number of likely N-dealkylation sites (tertiary alicyclic amines) is 1. The molecule has 2 fully saturated rings. The smallest absolute Gasteiger partial charge is 0.232 e. The van der Waals surface area contributed by atoms with Crippen molar-refractivity contribution >= 4 is 0 Å². The van der Waals surface area contributed by atoms with Crippen molar-refractivity contribution in [2.75, 3.05) is 19.6 Å². The Morgan fingerprint density at radius 2 is 1.58 bits per heavy atom. The van der Waals surface area contributed by atoms with Gasteiger partial charge in [-0.05, 0) is 35.8 Å². The maximum Gasteiger partial charge on any atom is 0.232 e. The standard InChI is InChI=1S/C28H33N3O2/c1-21(26-15-30-27(16-29-26)33-20-23-10-6-3-7-11-23)17-31-18-24-13-28(32,14-25(24)19-31)12-22-8-4-2-5-9-22/h2-11,15-16,21,24-25,32H,12-14,17-20H2,1H3/t21?,24-,25+,28-. The van der Waals surface area contributed by atoms with Crippen LogP contribution < -0.4 is 4.74 Å². The molecule has 2 heterocycles. The molecule has 1 saturated heterocycles. The van der Waals surface area contributed by atoms with E-state index in [1.54, 1.807) is 6.20 Å². The van der Waals surface area contributed by atoms with Crippen LogP contribution in [0.3, 0.4) is 0 Å². The van der Waals surface area contributed by atoms with Crippen LogP contribution in [0.4, 0.5) is 0 Å². The van der Waals surface area contributed by atoms with E-state index >= 15 is 0 Å². The molecule has 0 spiro atoms. The summed E-state index contributed by atoms with van der Waals surface area (Å²) in [6.45, 7) is 5.82. The minimum atomic E-state index is -0.546. The third kappa shape index (κ3) is 5.43. The van der Waals surface area contributed by atoms with Gasteiger partial charge in [-0.3, -0.25) is 4.98 Å². The second kappa shape index (κ2) is 9.62. The quantitative estimate of drug-likeness (QED) is 0.556. The van der Waals surface area contributed by atoms with Gasteiger partial charge < -0.3 is 14.7 Å². The summed E-state index contributed by atoms with van der Waals surface area (Å²) in [4.78, 5) is 11.6. The summed E-state index contributed by atoms with van der Waals surface area (Å²) in [5, 5.41) is 11.2. The van der Waals surface area contributed by atoms with Gasteiger partial charge in [-0.25, -0.2) is 4.98 Å². The minimum absolute atomic E-state index is 0.308. The number of benzene rings is 2. The van der Waals surface area contributed by atoms with Crippen molar-refractivity contribution in [3.63, 3.8) is 0 Å². The summed E-state index contributed by atoms with van der Waals surface area (Å²) < 4.78 is 5.76. The van der Waals surface area contributed by atoms with E-state index < -0.39 is 5.60 Å². The molecule has 1 N–H and O–H groups in total. The first-order valence-corrected chi connectivity index (χ1v) is 12.0. The topological polar surface area (TPSA) is 58.5 Å². The molecule has 5 rings (SSSR count). The molecule has 1 aliphatic heterocycles. The first-order valence-electron chi connectivity index (χ1n) is 12.0. The Morgan fingerprint density at radius 1 is 0.939 bits per heavy atom. The van der Waals surface area contributed by atoms with Gasteiger partial charge in [0.1, 0.15) is 6.61 Å². The average Bonchev–Trinajstić information content (AvgIpc) is 3.33. The van der Waals surface area contributed by atoms with E-state index in [0.717, 1.165) is 50.2 Å². The number of rotatable bonds is 8.